The van der Waals surface area contributed by atoms with Crippen LogP contribution in [0.2, 0.25) is 0 Å². The first-order valence-electron chi connectivity index (χ1n) is 8.46. The fourth-order valence-electron chi connectivity index (χ4n) is 2.82. The van der Waals surface area contributed by atoms with E-state index in [0.29, 0.717) is 6.54 Å². The number of hydrogen-bond acceptors (Lipinski definition) is 2. The first-order valence-corrected chi connectivity index (χ1v) is 8.46. The third-order valence-electron chi connectivity index (χ3n) is 4.13. The minimum atomic E-state index is 0.692. The normalized spacial score (nSPS) is 13.3. The molecule has 0 unspecified atom stereocenters. The molecule has 0 bridgehead atoms. The van der Waals surface area contributed by atoms with Gasteiger partial charge in [0.2, 0.25) is 0 Å². The van der Waals surface area contributed by atoms with E-state index in [2.05, 4.69) is 35.6 Å². The Labute approximate surface area is 144 Å². The van der Waals surface area contributed by atoms with E-state index < -0.39 is 0 Å². The van der Waals surface area contributed by atoms with Gasteiger partial charge in [-0.2, -0.15) is 0 Å². The fourth-order valence-corrected chi connectivity index (χ4v) is 2.82. The van der Waals surface area contributed by atoms with Crippen molar-refractivity contribution in [3.63, 3.8) is 0 Å². The lowest BCUT2D eigenvalue weighted by Gasteiger charge is -2.18. The number of aliphatic imine (C=N–C) groups is 1. The van der Waals surface area contributed by atoms with Crippen molar-refractivity contribution in [3.05, 3.63) is 65.2 Å². The van der Waals surface area contributed by atoms with Crippen LogP contribution in [0.3, 0.4) is 0 Å². The number of fused-ring (bicyclic) bond motifs is 1. The van der Waals surface area contributed by atoms with Crippen LogP contribution >= 0.6 is 0 Å². The van der Waals surface area contributed by atoms with Crippen LogP contribution in [0.25, 0.3) is 0 Å². The number of ether oxygens (including phenoxy) is 1. The summed E-state index contributed by atoms with van der Waals surface area (Å²) in [6.07, 6.45) is 2.00. The summed E-state index contributed by atoms with van der Waals surface area (Å²) in [5, 5.41) is 3.45. The molecule has 0 radical (unpaired) electrons. The van der Waals surface area contributed by atoms with Crippen LogP contribution in [0.4, 0.5) is 0 Å². The number of rotatable bonds is 5. The smallest absolute Gasteiger partial charge is 0.193 e. The molecule has 4 nitrogen and oxygen atoms in total. The molecular weight excluding hydrogens is 298 g/mol. The second kappa shape index (κ2) is 7.86. The maximum absolute atomic E-state index is 5.56. The number of benzene rings is 2. The zero-order valence-corrected chi connectivity index (χ0v) is 14.5. The average Bonchev–Trinajstić information content (AvgIpc) is 3.06. The van der Waals surface area contributed by atoms with Gasteiger partial charge >= 0.3 is 0 Å². The Bertz CT molecular complexity index is 695. The Morgan fingerprint density at radius 1 is 1.12 bits per heavy atom. The summed E-state index contributed by atoms with van der Waals surface area (Å²) in [4.78, 5) is 6.72. The van der Waals surface area contributed by atoms with E-state index in [1.165, 1.54) is 16.7 Å². The van der Waals surface area contributed by atoms with Gasteiger partial charge in [-0.3, -0.25) is 0 Å². The minimum absolute atomic E-state index is 0.692. The van der Waals surface area contributed by atoms with Gasteiger partial charge in [0.05, 0.1) is 13.2 Å². The molecule has 1 aliphatic heterocycles. The van der Waals surface area contributed by atoms with Crippen LogP contribution < -0.4 is 10.1 Å². The molecule has 4 heteroatoms. The number of hydrogen-bond donors (Lipinski definition) is 1. The van der Waals surface area contributed by atoms with Gasteiger partial charge in [-0.15, -0.1) is 0 Å². The Kier molecular flexibility index (Phi) is 5.36. The van der Waals surface area contributed by atoms with E-state index in [1.54, 1.807) is 0 Å². The summed E-state index contributed by atoms with van der Waals surface area (Å²) >= 11 is 0. The highest BCUT2D eigenvalue weighted by Crippen LogP contribution is 2.25. The minimum Gasteiger partial charge on any atom is -0.493 e. The molecule has 0 aromatic heterocycles. The van der Waals surface area contributed by atoms with Crippen LogP contribution in [0.15, 0.2) is 53.5 Å². The maximum atomic E-state index is 5.56. The quantitative estimate of drug-likeness (QED) is 0.679. The highest BCUT2D eigenvalue weighted by Gasteiger charge is 2.11. The van der Waals surface area contributed by atoms with Crippen molar-refractivity contribution in [2.24, 2.45) is 4.99 Å². The zero-order chi connectivity index (χ0) is 16.8. The molecule has 1 heterocycles. The summed E-state index contributed by atoms with van der Waals surface area (Å²) in [6.45, 7) is 2.37. The molecule has 1 N–H and O–H groups in total. The van der Waals surface area contributed by atoms with E-state index >= 15 is 0 Å². The molecule has 3 rings (SSSR count). The maximum Gasteiger partial charge on any atom is 0.193 e. The molecular formula is C20H25N3O. The van der Waals surface area contributed by atoms with E-state index in [0.717, 1.165) is 37.7 Å². The van der Waals surface area contributed by atoms with Gasteiger partial charge in [-0.1, -0.05) is 42.5 Å². The monoisotopic (exact) mass is 323 g/mol. The molecule has 1 aliphatic rings. The lowest BCUT2D eigenvalue weighted by molar-refractivity contribution is 0.357. The topological polar surface area (TPSA) is 36.9 Å². The van der Waals surface area contributed by atoms with Crippen molar-refractivity contribution in [2.45, 2.75) is 19.4 Å². The zero-order valence-electron chi connectivity index (χ0n) is 14.5. The van der Waals surface area contributed by atoms with Crippen LogP contribution in [0.1, 0.15) is 16.7 Å². The van der Waals surface area contributed by atoms with E-state index in [1.807, 2.05) is 37.2 Å². The van der Waals surface area contributed by atoms with Crippen LogP contribution in [0.5, 0.6) is 5.75 Å². The Morgan fingerprint density at radius 3 is 2.75 bits per heavy atom. The summed E-state index contributed by atoms with van der Waals surface area (Å²) in [5.41, 5.74) is 3.89. The van der Waals surface area contributed by atoms with Crippen molar-refractivity contribution in [1.29, 1.82) is 0 Å². The van der Waals surface area contributed by atoms with Gasteiger partial charge in [0.25, 0.3) is 0 Å². The van der Waals surface area contributed by atoms with Gasteiger partial charge < -0.3 is 15.0 Å². The van der Waals surface area contributed by atoms with Crippen molar-refractivity contribution in [2.75, 3.05) is 27.2 Å². The molecule has 0 saturated carbocycles. The van der Waals surface area contributed by atoms with Crippen LogP contribution in [-0.4, -0.2) is 38.1 Å². The highest BCUT2D eigenvalue weighted by molar-refractivity contribution is 5.79. The Hall–Kier alpha value is -2.49. The highest BCUT2D eigenvalue weighted by atomic mass is 16.5. The molecule has 24 heavy (non-hydrogen) atoms. The molecule has 0 aliphatic carbocycles. The largest absolute Gasteiger partial charge is 0.493 e. The molecule has 0 saturated heterocycles. The van der Waals surface area contributed by atoms with E-state index in [9.17, 15) is 0 Å². The van der Waals surface area contributed by atoms with Crippen LogP contribution in [0, 0.1) is 0 Å². The van der Waals surface area contributed by atoms with Gasteiger partial charge in [0.15, 0.2) is 5.96 Å². The van der Waals surface area contributed by atoms with Crippen molar-refractivity contribution < 1.29 is 4.74 Å². The van der Waals surface area contributed by atoms with Crippen LogP contribution in [-0.2, 0) is 19.4 Å². The predicted molar refractivity (Wildman–Crippen MR) is 98.6 cm³/mol. The predicted octanol–water partition coefficient (Wildman–Crippen LogP) is 2.87. The van der Waals surface area contributed by atoms with Gasteiger partial charge in [-0.05, 0) is 29.2 Å². The van der Waals surface area contributed by atoms with Crippen molar-refractivity contribution in [3.8, 4) is 5.75 Å². The van der Waals surface area contributed by atoms with Gasteiger partial charge in [-0.25, -0.2) is 4.99 Å². The SMILES string of the molecule is CN(C)C(=NCc1ccccc1)NCCc1ccc2c(c1)CCO2. The van der Waals surface area contributed by atoms with E-state index in [4.69, 9.17) is 9.73 Å². The number of nitrogens with one attached hydrogen (secondary N) is 1. The first kappa shape index (κ1) is 16.4. The first-order chi connectivity index (χ1) is 11.7. The summed E-state index contributed by atoms with van der Waals surface area (Å²) < 4.78 is 5.56. The molecule has 0 atom stereocenters. The fraction of sp³-hybridized carbons (Fsp3) is 0.350. The van der Waals surface area contributed by atoms with Gasteiger partial charge in [0.1, 0.15) is 5.75 Å². The number of nitrogens with zero attached hydrogens (tertiary/aromatic N) is 2. The second-order valence-electron chi connectivity index (χ2n) is 6.24. The third-order valence-corrected chi connectivity index (χ3v) is 4.13. The number of guanidine groups is 1. The third kappa shape index (κ3) is 4.28. The molecule has 2 aromatic rings. The molecule has 0 amide bonds. The Morgan fingerprint density at radius 2 is 1.96 bits per heavy atom. The van der Waals surface area contributed by atoms with Crippen molar-refractivity contribution in [1.82, 2.24) is 10.2 Å². The summed E-state index contributed by atoms with van der Waals surface area (Å²) in [5.74, 6) is 1.97. The standard InChI is InChI=1S/C20H25N3O/c1-23(2)20(22-15-17-6-4-3-5-7-17)21-12-10-16-8-9-19-18(14-16)11-13-24-19/h3-9,14H,10-13,15H2,1-2H3,(H,21,22). The Balaban J connectivity index is 1.54. The van der Waals surface area contributed by atoms with Crippen molar-refractivity contribution >= 4 is 5.96 Å². The second-order valence-corrected chi connectivity index (χ2v) is 6.24. The van der Waals surface area contributed by atoms with Gasteiger partial charge in [0, 0.05) is 27.1 Å². The summed E-state index contributed by atoms with van der Waals surface area (Å²) in [6, 6.07) is 16.8. The molecule has 0 fully saturated rings. The molecule has 2 aromatic carbocycles. The lowest BCUT2D eigenvalue weighted by atomic mass is 10.1. The molecule has 0 spiro atoms. The molecule has 126 valence electrons. The summed E-state index contributed by atoms with van der Waals surface area (Å²) in [7, 11) is 4.03. The lowest BCUT2D eigenvalue weighted by Crippen LogP contribution is -2.37. The average molecular weight is 323 g/mol. The van der Waals surface area contributed by atoms with E-state index in [-0.39, 0.29) is 0 Å².